The third-order valence-corrected chi connectivity index (χ3v) is 3.09. The lowest BCUT2D eigenvalue weighted by molar-refractivity contribution is -0.138. The summed E-state index contributed by atoms with van der Waals surface area (Å²) < 4.78 is 0. The topological polar surface area (TPSA) is 66.4 Å². The molecule has 2 N–H and O–H groups in total. The van der Waals surface area contributed by atoms with Crippen molar-refractivity contribution in [2.45, 2.75) is 53.4 Å². The summed E-state index contributed by atoms with van der Waals surface area (Å²) in [7, 11) is 0. The van der Waals surface area contributed by atoms with Gasteiger partial charge in [-0.25, -0.2) is 0 Å². The summed E-state index contributed by atoms with van der Waals surface area (Å²) in [5.74, 6) is 0.0949. The molecule has 0 rings (SSSR count). The van der Waals surface area contributed by atoms with Crippen LogP contribution >= 0.6 is 0 Å². The van der Waals surface area contributed by atoms with E-state index in [4.69, 9.17) is 5.11 Å². The van der Waals surface area contributed by atoms with Gasteiger partial charge < -0.3 is 10.4 Å². The van der Waals surface area contributed by atoms with Crippen LogP contribution in [-0.4, -0.2) is 23.5 Å². The highest BCUT2D eigenvalue weighted by Crippen LogP contribution is 2.15. The maximum atomic E-state index is 11.6. The van der Waals surface area contributed by atoms with Gasteiger partial charge in [0.15, 0.2) is 0 Å². The molecule has 0 aromatic heterocycles. The van der Waals surface area contributed by atoms with Crippen LogP contribution in [-0.2, 0) is 9.59 Å². The van der Waals surface area contributed by atoms with Crippen LogP contribution in [0.1, 0.15) is 53.4 Å². The van der Waals surface area contributed by atoms with Gasteiger partial charge in [-0.2, -0.15) is 0 Å². The Hall–Kier alpha value is -1.06. The fourth-order valence-electron chi connectivity index (χ4n) is 1.94. The lowest BCUT2D eigenvalue weighted by Crippen LogP contribution is -2.31. The minimum Gasteiger partial charge on any atom is -0.481 e. The van der Waals surface area contributed by atoms with Crippen LogP contribution in [0, 0.1) is 17.8 Å². The molecule has 0 aliphatic heterocycles. The Morgan fingerprint density at radius 2 is 1.78 bits per heavy atom. The Kier molecular flexibility index (Phi) is 8.42. The first kappa shape index (κ1) is 16.9. The van der Waals surface area contributed by atoms with Crippen LogP contribution in [0.2, 0.25) is 0 Å². The SMILES string of the molecule is CCC(C)CC(=O)NCC(CC(=O)O)CC(C)C. The molecule has 4 heteroatoms. The Balaban J connectivity index is 4.08. The van der Waals surface area contributed by atoms with Crippen molar-refractivity contribution < 1.29 is 14.7 Å². The molecule has 0 heterocycles. The number of carboxylic acids is 1. The maximum Gasteiger partial charge on any atom is 0.303 e. The molecule has 0 radical (unpaired) electrons. The van der Waals surface area contributed by atoms with Crippen molar-refractivity contribution in [3.8, 4) is 0 Å². The lowest BCUT2D eigenvalue weighted by atomic mass is 9.94. The number of amides is 1. The molecule has 106 valence electrons. The van der Waals surface area contributed by atoms with E-state index in [-0.39, 0.29) is 18.2 Å². The van der Waals surface area contributed by atoms with Crippen LogP contribution in [0.3, 0.4) is 0 Å². The third kappa shape index (κ3) is 9.02. The molecule has 4 nitrogen and oxygen atoms in total. The van der Waals surface area contributed by atoms with E-state index in [0.29, 0.717) is 24.8 Å². The number of carbonyl (C=O) groups excluding carboxylic acids is 1. The molecule has 2 unspecified atom stereocenters. The average molecular weight is 257 g/mol. The lowest BCUT2D eigenvalue weighted by Gasteiger charge is -2.18. The number of hydrogen-bond donors (Lipinski definition) is 2. The molecule has 18 heavy (non-hydrogen) atoms. The fourth-order valence-corrected chi connectivity index (χ4v) is 1.94. The van der Waals surface area contributed by atoms with Gasteiger partial charge in [-0.3, -0.25) is 9.59 Å². The number of rotatable bonds is 9. The van der Waals surface area contributed by atoms with Gasteiger partial charge in [0.1, 0.15) is 0 Å². The molecule has 0 aliphatic carbocycles. The van der Waals surface area contributed by atoms with Gasteiger partial charge in [-0.15, -0.1) is 0 Å². The van der Waals surface area contributed by atoms with E-state index in [1.165, 1.54) is 0 Å². The molecule has 0 saturated carbocycles. The number of carbonyl (C=O) groups is 2. The molecule has 0 fully saturated rings. The second-order valence-corrected chi connectivity index (χ2v) is 5.62. The highest BCUT2D eigenvalue weighted by molar-refractivity contribution is 5.76. The monoisotopic (exact) mass is 257 g/mol. The normalized spacial score (nSPS) is 14.3. The maximum absolute atomic E-state index is 11.6. The summed E-state index contributed by atoms with van der Waals surface area (Å²) in [4.78, 5) is 22.4. The molecule has 0 aromatic rings. The fraction of sp³-hybridized carbons (Fsp3) is 0.857. The molecule has 1 amide bonds. The largest absolute Gasteiger partial charge is 0.481 e. The van der Waals surface area contributed by atoms with Gasteiger partial charge in [-0.05, 0) is 24.2 Å². The second-order valence-electron chi connectivity index (χ2n) is 5.62. The van der Waals surface area contributed by atoms with E-state index in [0.717, 1.165) is 12.8 Å². The van der Waals surface area contributed by atoms with Gasteiger partial charge in [0.05, 0.1) is 0 Å². The molecule has 2 atom stereocenters. The van der Waals surface area contributed by atoms with E-state index in [2.05, 4.69) is 26.1 Å². The number of hydrogen-bond acceptors (Lipinski definition) is 2. The van der Waals surface area contributed by atoms with Crippen LogP contribution in [0.4, 0.5) is 0 Å². The third-order valence-electron chi connectivity index (χ3n) is 3.09. The van der Waals surface area contributed by atoms with Gasteiger partial charge >= 0.3 is 5.97 Å². The van der Waals surface area contributed by atoms with Crippen LogP contribution in [0.5, 0.6) is 0 Å². The summed E-state index contributed by atoms with van der Waals surface area (Å²) in [5.41, 5.74) is 0. The van der Waals surface area contributed by atoms with Gasteiger partial charge in [0.25, 0.3) is 0 Å². The van der Waals surface area contributed by atoms with E-state index in [1.54, 1.807) is 0 Å². The first-order chi connectivity index (χ1) is 8.35. The van der Waals surface area contributed by atoms with Crippen molar-refractivity contribution >= 4 is 11.9 Å². The molecule has 0 bridgehead atoms. The van der Waals surface area contributed by atoms with Gasteiger partial charge in [-0.1, -0.05) is 34.1 Å². The molecule has 0 aliphatic rings. The minimum absolute atomic E-state index is 0.0309. The molecule has 0 aromatic carbocycles. The van der Waals surface area contributed by atoms with E-state index in [1.807, 2.05) is 6.92 Å². The van der Waals surface area contributed by atoms with E-state index < -0.39 is 5.97 Å². The highest BCUT2D eigenvalue weighted by atomic mass is 16.4. The zero-order valence-electron chi connectivity index (χ0n) is 12.0. The minimum atomic E-state index is -0.795. The van der Waals surface area contributed by atoms with Crippen molar-refractivity contribution in [3.63, 3.8) is 0 Å². The Morgan fingerprint density at radius 3 is 2.22 bits per heavy atom. The van der Waals surface area contributed by atoms with Crippen molar-refractivity contribution in [1.29, 1.82) is 0 Å². The Labute approximate surface area is 110 Å². The molecular weight excluding hydrogens is 230 g/mol. The Morgan fingerprint density at radius 1 is 1.17 bits per heavy atom. The smallest absolute Gasteiger partial charge is 0.303 e. The summed E-state index contributed by atoms with van der Waals surface area (Å²) >= 11 is 0. The number of nitrogens with one attached hydrogen (secondary N) is 1. The number of aliphatic carboxylic acids is 1. The quantitative estimate of drug-likeness (QED) is 0.667. The molecule has 0 saturated heterocycles. The molecule has 0 spiro atoms. The van der Waals surface area contributed by atoms with Crippen molar-refractivity contribution in [3.05, 3.63) is 0 Å². The summed E-state index contributed by atoms with van der Waals surface area (Å²) in [5, 5.41) is 11.7. The summed E-state index contributed by atoms with van der Waals surface area (Å²) in [6.45, 7) is 8.71. The van der Waals surface area contributed by atoms with Crippen molar-refractivity contribution in [2.24, 2.45) is 17.8 Å². The molecular formula is C14H27NO3. The summed E-state index contributed by atoms with van der Waals surface area (Å²) in [6, 6.07) is 0. The van der Waals surface area contributed by atoms with E-state index in [9.17, 15) is 9.59 Å². The van der Waals surface area contributed by atoms with Crippen LogP contribution in [0.25, 0.3) is 0 Å². The van der Waals surface area contributed by atoms with Crippen LogP contribution in [0.15, 0.2) is 0 Å². The number of carboxylic acid groups (broad SMARTS) is 1. The average Bonchev–Trinajstić information content (AvgIpc) is 2.24. The zero-order valence-corrected chi connectivity index (χ0v) is 12.0. The first-order valence-corrected chi connectivity index (χ1v) is 6.83. The predicted molar refractivity (Wildman–Crippen MR) is 72.3 cm³/mol. The van der Waals surface area contributed by atoms with Crippen molar-refractivity contribution in [2.75, 3.05) is 6.54 Å². The zero-order chi connectivity index (χ0) is 14.1. The van der Waals surface area contributed by atoms with Crippen LogP contribution < -0.4 is 5.32 Å². The summed E-state index contributed by atoms with van der Waals surface area (Å²) in [6.07, 6.45) is 2.47. The first-order valence-electron chi connectivity index (χ1n) is 6.83. The van der Waals surface area contributed by atoms with Gasteiger partial charge in [0, 0.05) is 19.4 Å². The van der Waals surface area contributed by atoms with Gasteiger partial charge in [0.2, 0.25) is 5.91 Å². The predicted octanol–water partition coefficient (Wildman–Crippen LogP) is 2.68. The Bertz CT molecular complexity index is 264. The second kappa shape index (κ2) is 8.95. The van der Waals surface area contributed by atoms with E-state index >= 15 is 0 Å². The van der Waals surface area contributed by atoms with Crippen molar-refractivity contribution in [1.82, 2.24) is 5.32 Å². The highest BCUT2D eigenvalue weighted by Gasteiger charge is 2.16. The standard InChI is InChI=1S/C14H27NO3/c1-5-11(4)7-13(16)15-9-12(6-10(2)3)8-14(17)18/h10-12H,5-9H2,1-4H3,(H,15,16)(H,17,18).